The maximum atomic E-state index is 12.3. The molecule has 2 rings (SSSR count). The van der Waals surface area contributed by atoms with Gasteiger partial charge >= 0.3 is 0 Å². The van der Waals surface area contributed by atoms with Crippen molar-refractivity contribution in [3.8, 4) is 0 Å². The first kappa shape index (κ1) is 14.7. The van der Waals surface area contributed by atoms with Crippen LogP contribution in [0.25, 0.3) is 0 Å². The number of hydrogen-bond acceptors (Lipinski definition) is 4. The Hall–Kier alpha value is -1.66. The highest BCUT2D eigenvalue weighted by Crippen LogP contribution is 2.11. The first-order chi connectivity index (χ1) is 9.65. The molecule has 1 aliphatic heterocycles. The molecular weight excluding hydrogens is 256 g/mol. The van der Waals surface area contributed by atoms with Crippen molar-refractivity contribution in [2.75, 3.05) is 32.7 Å². The molecule has 20 heavy (non-hydrogen) atoms. The van der Waals surface area contributed by atoms with Crippen molar-refractivity contribution in [3.63, 3.8) is 0 Å². The second-order valence-corrected chi connectivity index (χ2v) is 5.07. The van der Waals surface area contributed by atoms with Gasteiger partial charge in [-0.2, -0.15) is 0 Å². The van der Waals surface area contributed by atoms with Crippen LogP contribution in [-0.2, 0) is 0 Å². The number of hydrogen-bond donors (Lipinski definition) is 2. The number of aromatic nitrogens is 1. The van der Waals surface area contributed by atoms with E-state index in [4.69, 9.17) is 5.73 Å². The number of nitrogens with one attached hydrogen (secondary N) is 1. The van der Waals surface area contributed by atoms with Gasteiger partial charge in [0.1, 0.15) is 0 Å². The summed E-state index contributed by atoms with van der Waals surface area (Å²) in [4.78, 5) is 30.0. The van der Waals surface area contributed by atoms with Crippen LogP contribution >= 0.6 is 0 Å². The van der Waals surface area contributed by atoms with Crippen molar-refractivity contribution in [1.29, 1.82) is 0 Å². The molecule has 6 nitrogen and oxygen atoms in total. The van der Waals surface area contributed by atoms with Gasteiger partial charge in [0.05, 0.1) is 5.56 Å². The van der Waals surface area contributed by atoms with Crippen LogP contribution in [0.3, 0.4) is 0 Å². The van der Waals surface area contributed by atoms with Crippen LogP contribution in [0, 0.1) is 0 Å². The number of rotatable bonds is 4. The number of piperazine rings is 1. The van der Waals surface area contributed by atoms with Crippen LogP contribution in [0.15, 0.2) is 23.1 Å². The van der Waals surface area contributed by atoms with Gasteiger partial charge in [0.25, 0.3) is 5.91 Å². The molecule has 110 valence electrons. The van der Waals surface area contributed by atoms with Gasteiger partial charge in [-0.3, -0.25) is 14.5 Å². The summed E-state index contributed by atoms with van der Waals surface area (Å²) in [6.07, 6.45) is 2.51. The number of carbonyl (C=O) groups excluding carboxylic acids is 1. The van der Waals surface area contributed by atoms with Crippen molar-refractivity contribution in [2.24, 2.45) is 5.73 Å². The van der Waals surface area contributed by atoms with Crippen LogP contribution in [0.2, 0.25) is 0 Å². The predicted molar refractivity (Wildman–Crippen MR) is 77.7 cm³/mol. The van der Waals surface area contributed by atoms with Crippen molar-refractivity contribution < 1.29 is 4.79 Å². The summed E-state index contributed by atoms with van der Waals surface area (Å²) < 4.78 is 0. The Labute approximate surface area is 118 Å². The summed E-state index contributed by atoms with van der Waals surface area (Å²) >= 11 is 0. The molecule has 1 saturated heterocycles. The Bertz CT molecular complexity index is 482. The molecule has 2 heterocycles. The molecule has 1 atom stereocenters. The molecule has 0 saturated carbocycles. The highest BCUT2D eigenvalue weighted by atomic mass is 16.2. The highest BCUT2D eigenvalue weighted by molar-refractivity contribution is 5.93. The lowest BCUT2D eigenvalue weighted by molar-refractivity contribution is 0.0571. The summed E-state index contributed by atoms with van der Waals surface area (Å²) in [5.74, 6) is -0.0262. The monoisotopic (exact) mass is 278 g/mol. The minimum absolute atomic E-state index is 0.0262. The fourth-order valence-corrected chi connectivity index (χ4v) is 2.59. The molecule has 1 aromatic heterocycles. The molecular formula is C14H22N4O2. The maximum Gasteiger partial charge on any atom is 0.255 e. The second-order valence-electron chi connectivity index (χ2n) is 5.07. The fourth-order valence-electron chi connectivity index (χ4n) is 2.59. The van der Waals surface area contributed by atoms with Gasteiger partial charge in [-0.25, -0.2) is 0 Å². The zero-order chi connectivity index (χ0) is 14.5. The molecule has 1 amide bonds. The van der Waals surface area contributed by atoms with Gasteiger partial charge in [0.15, 0.2) is 0 Å². The molecule has 6 heteroatoms. The first-order valence-corrected chi connectivity index (χ1v) is 7.07. The largest absolute Gasteiger partial charge is 0.336 e. The van der Waals surface area contributed by atoms with Crippen molar-refractivity contribution >= 4 is 5.91 Å². The quantitative estimate of drug-likeness (QED) is 0.804. The summed E-state index contributed by atoms with van der Waals surface area (Å²) in [6, 6.07) is 3.35. The zero-order valence-corrected chi connectivity index (χ0v) is 11.8. The van der Waals surface area contributed by atoms with Gasteiger partial charge in [-0.05, 0) is 12.5 Å². The van der Waals surface area contributed by atoms with E-state index >= 15 is 0 Å². The normalized spacial score (nSPS) is 18.0. The molecule has 0 bridgehead atoms. The first-order valence-electron chi connectivity index (χ1n) is 7.07. The van der Waals surface area contributed by atoms with Crippen LogP contribution in [-0.4, -0.2) is 59.5 Å². The lowest BCUT2D eigenvalue weighted by Gasteiger charge is -2.38. The summed E-state index contributed by atoms with van der Waals surface area (Å²) in [5, 5.41) is 0. The Kier molecular flexibility index (Phi) is 4.92. The Balaban J connectivity index is 1.95. The van der Waals surface area contributed by atoms with E-state index in [0.717, 1.165) is 19.5 Å². The molecule has 3 N–H and O–H groups in total. The van der Waals surface area contributed by atoms with E-state index in [1.807, 2.05) is 4.90 Å². The van der Waals surface area contributed by atoms with Crippen molar-refractivity contribution in [2.45, 2.75) is 19.4 Å². The number of pyridine rings is 1. The minimum Gasteiger partial charge on any atom is -0.336 e. The highest BCUT2D eigenvalue weighted by Gasteiger charge is 2.25. The van der Waals surface area contributed by atoms with E-state index in [-0.39, 0.29) is 11.5 Å². The molecule has 1 aromatic rings. The van der Waals surface area contributed by atoms with Gasteiger partial charge in [-0.15, -0.1) is 0 Å². The van der Waals surface area contributed by atoms with Crippen LogP contribution in [0.5, 0.6) is 0 Å². The van der Waals surface area contributed by atoms with Crippen LogP contribution in [0.1, 0.15) is 23.7 Å². The molecule has 1 unspecified atom stereocenters. The topological polar surface area (TPSA) is 82.4 Å². The van der Waals surface area contributed by atoms with E-state index < -0.39 is 0 Å². The van der Waals surface area contributed by atoms with Crippen LogP contribution < -0.4 is 11.3 Å². The standard InChI is InChI=1S/C14H22N4O2/c1-2-12(9-15)17-5-7-18(8-6-17)14(20)11-3-4-13(19)16-10-11/h3-4,10,12H,2,5-9,15H2,1H3,(H,16,19). The molecule has 0 aliphatic carbocycles. The number of amides is 1. The third-order valence-electron chi connectivity index (χ3n) is 3.89. The summed E-state index contributed by atoms with van der Waals surface area (Å²) in [7, 11) is 0. The lowest BCUT2D eigenvalue weighted by Crippen LogP contribution is -2.53. The van der Waals surface area contributed by atoms with E-state index in [1.165, 1.54) is 12.3 Å². The Morgan fingerprint density at radius 3 is 2.55 bits per heavy atom. The third kappa shape index (κ3) is 3.26. The summed E-state index contributed by atoms with van der Waals surface area (Å²) in [6.45, 7) is 5.90. The number of nitrogens with zero attached hydrogens (tertiary/aromatic N) is 2. The second kappa shape index (κ2) is 6.67. The zero-order valence-electron chi connectivity index (χ0n) is 11.8. The smallest absolute Gasteiger partial charge is 0.255 e. The maximum absolute atomic E-state index is 12.3. The molecule has 0 radical (unpaired) electrons. The molecule has 1 fully saturated rings. The van der Waals surface area contributed by atoms with E-state index in [2.05, 4.69) is 16.8 Å². The van der Waals surface area contributed by atoms with Crippen molar-refractivity contribution in [1.82, 2.24) is 14.8 Å². The van der Waals surface area contributed by atoms with Gasteiger partial charge < -0.3 is 15.6 Å². The fraction of sp³-hybridized carbons (Fsp3) is 0.571. The molecule has 1 aliphatic rings. The SMILES string of the molecule is CCC(CN)N1CCN(C(=O)c2ccc(=O)[nH]c2)CC1. The van der Waals surface area contributed by atoms with Crippen LogP contribution in [0.4, 0.5) is 0 Å². The molecule has 0 spiro atoms. The number of H-pyrrole nitrogens is 1. The number of aromatic amines is 1. The average Bonchev–Trinajstić information content (AvgIpc) is 2.49. The average molecular weight is 278 g/mol. The van der Waals surface area contributed by atoms with Gasteiger partial charge in [-0.1, -0.05) is 6.92 Å². The van der Waals surface area contributed by atoms with Gasteiger partial charge in [0.2, 0.25) is 5.56 Å². The lowest BCUT2D eigenvalue weighted by atomic mass is 10.1. The Morgan fingerprint density at radius 1 is 1.35 bits per heavy atom. The third-order valence-corrected chi connectivity index (χ3v) is 3.89. The minimum atomic E-state index is -0.194. The summed E-state index contributed by atoms with van der Waals surface area (Å²) in [5.41, 5.74) is 6.09. The number of carbonyl (C=O) groups is 1. The van der Waals surface area contributed by atoms with Gasteiger partial charge in [0, 0.05) is 51.0 Å². The number of nitrogens with two attached hydrogens (primary N) is 1. The van der Waals surface area contributed by atoms with Crippen molar-refractivity contribution in [3.05, 3.63) is 34.2 Å². The van der Waals surface area contributed by atoms with E-state index in [9.17, 15) is 9.59 Å². The molecule has 0 aromatic carbocycles. The Morgan fingerprint density at radius 2 is 2.05 bits per heavy atom. The predicted octanol–water partition coefficient (Wildman–Crippen LogP) is -0.130. The van der Waals surface area contributed by atoms with E-state index in [0.29, 0.717) is 31.2 Å². The van der Waals surface area contributed by atoms with E-state index in [1.54, 1.807) is 6.07 Å².